The minimum absolute atomic E-state index is 0.158. The molecule has 6 aromatic carbocycles. The third-order valence-corrected chi connectivity index (χ3v) is 12.1. The van der Waals surface area contributed by atoms with Gasteiger partial charge in [-0.3, -0.25) is 0 Å². The molecular weight excluding hydrogens is 651 g/mol. The van der Waals surface area contributed by atoms with Crippen LogP contribution in [-0.2, 0) is 10.8 Å². The maximum Gasteiger partial charge on any atom is 0.0726 e. The molecule has 1 heteroatoms. The summed E-state index contributed by atoms with van der Waals surface area (Å²) in [5.41, 5.74) is 19.8. The molecule has 4 aliphatic rings. The fraction of sp³-hybridized carbons (Fsp3) is 0.0943. The van der Waals surface area contributed by atoms with Gasteiger partial charge in [-0.15, -0.1) is 0 Å². The normalized spacial score (nSPS) is 16.3. The molecule has 0 unspecified atom stereocenters. The molecule has 0 amide bonds. The number of nitrogens with zero attached hydrogens (tertiary/aromatic N) is 1. The first-order chi connectivity index (χ1) is 26.5. The summed E-state index contributed by atoms with van der Waals surface area (Å²) in [5.74, 6) is 0. The van der Waals surface area contributed by atoms with Crippen molar-refractivity contribution < 1.29 is 0 Å². The van der Waals surface area contributed by atoms with Crippen molar-refractivity contribution in [2.24, 2.45) is 0 Å². The molecule has 0 radical (unpaired) electrons. The number of rotatable bonds is 6. The Morgan fingerprint density at radius 2 is 1.17 bits per heavy atom. The third kappa shape index (κ3) is 4.58. The number of hydrogen-bond donors (Lipinski definition) is 0. The first kappa shape index (κ1) is 32.2. The number of hydrogen-bond acceptors (Lipinski definition) is 1. The zero-order valence-electron chi connectivity index (χ0n) is 30.8. The smallest absolute Gasteiger partial charge is 0.0726 e. The molecule has 0 N–H and O–H groups in total. The monoisotopic (exact) mass is 691 g/mol. The Kier molecular flexibility index (Phi) is 7.35. The van der Waals surface area contributed by atoms with Crippen molar-refractivity contribution in [2.75, 3.05) is 4.90 Å². The van der Waals surface area contributed by atoms with Crippen LogP contribution in [0.5, 0.6) is 0 Å². The van der Waals surface area contributed by atoms with E-state index in [-0.39, 0.29) is 5.41 Å². The molecular formula is C53H41N. The fourth-order valence-electron chi connectivity index (χ4n) is 9.62. The largest absolute Gasteiger partial charge is 0.310 e. The number of benzene rings is 6. The first-order valence-electron chi connectivity index (χ1n) is 19.0. The molecule has 54 heavy (non-hydrogen) atoms. The minimum atomic E-state index is -0.422. The standard InChI is InChI=1S/C53H41N/c1-4-5-20-38-33-37-29-30-39(34-49(37)52(38,2)3)54(51-28-17-13-21-41(51)36-18-8-6-7-9-19-36)40-31-32-45-44-24-12-16-27-48(44)53(50(45)35-40)46-25-14-10-22-42(46)43-23-11-15-26-47(43)53/h4-8,10-35H,1,9H2,2-3H3/b20-5-. The third-order valence-electron chi connectivity index (χ3n) is 12.1. The predicted molar refractivity (Wildman–Crippen MR) is 229 cm³/mol. The SMILES string of the molecule is C=C/C=C\C1=Cc2ccc(N(c3ccc4c(c3)C3(c5ccccc5-c5ccccc53)c3ccccc3-4)c3ccccc3C3=CCC=CC=C3)cc2C1(C)C. The van der Waals surface area contributed by atoms with E-state index >= 15 is 0 Å². The lowest BCUT2D eigenvalue weighted by Gasteiger charge is -2.33. The van der Waals surface area contributed by atoms with E-state index in [0.29, 0.717) is 0 Å². The van der Waals surface area contributed by atoms with Crippen molar-refractivity contribution >= 4 is 28.7 Å². The maximum absolute atomic E-state index is 3.93. The molecule has 0 atom stereocenters. The molecule has 0 heterocycles. The second kappa shape index (κ2) is 12.3. The minimum Gasteiger partial charge on any atom is -0.310 e. The molecule has 0 aliphatic heterocycles. The molecule has 10 rings (SSSR count). The Labute approximate surface area is 319 Å². The first-order valence-corrected chi connectivity index (χ1v) is 19.0. The van der Waals surface area contributed by atoms with Gasteiger partial charge < -0.3 is 4.90 Å². The van der Waals surface area contributed by atoms with Gasteiger partial charge in [-0.2, -0.15) is 0 Å². The highest BCUT2D eigenvalue weighted by molar-refractivity contribution is 5.97. The molecule has 0 aromatic heterocycles. The van der Waals surface area contributed by atoms with Gasteiger partial charge in [0, 0.05) is 22.4 Å². The van der Waals surface area contributed by atoms with Crippen LogP contribution < -0.4 is 4.90 Å². The maximum atomic E-state index is 3.93. The average Bonchev–Trinajstić information content (AvgIpc) is 3.64. The van der Waals surface area contributed by atoms with Gasteiger partial charge in [0.05, 0.1) is 11.1 Å². The van der Waals surface area contributed by atoms with Crippen LogP contribution in [0, 0.1) is 0 Å². The predicted octanol–water partition coefficient (Wildman–Crippen LogP) is 13.8. The fourth-order valence-corrected chi connectivity index (χ4v) is 9.62. The summed E-state index contributed by atoms with van der Waals surface area (Å²) in [6, 6.07) is 50.3. The zero-order valence-corrected chi connectivity index (χ0v) is 30.8. The van der Waals surface area contributed by atoms with Crippen LogP contribution in [0.1, 0.15) is 59.2 Å². The van der Waals surface area contributed by atoms with Crippen molar-refractivity contribution in [2.45, 2.75) is 31.1 Å². The van der Waals surface area contributed by atoms with Crippen molar-refractivity contribution in [1.82, 2.24) is 0 Å². The van der Waals surface area contributed by atoms with Crippen molar-refractivity contribution in [3.63, 3.8) is 0 Å². The van der Waals surface area contributed by atoms with Gasteiger partial charge in [0.25, 0.3) is 0 Å². The van der Waals surface area contributed by atoms with Crippen LogP contribution in [-0.4, -0.2) is 0 Å². The summed E-state index contributed by atoms with van der Waals surface area (Å²) in [6.45, 7) is 8.60. The van der Waals surface area contributed by atoms with Crippen molar-refractivity contribution in [3.05, 3.63) is 233 Å². The lowest BCUT2D eigenvalue weighted by Crippen LogP contribution is -2.26. The number of anilines is 3. The van der Waals surface area contributed by atoms with Gasteiger partial charge >= 0.3 is 0 Å². The molecule has 258 valence electrons. The highest BCUT2D eigenvalue weighted by atomic mass is 15.1. The van der Waals surface area contributed by atoms with E-state index in [2.05, 4.69) is 201 Å². The van der Waals surface area contributed by atoms with Crippen LogP contribution in [0.4, 0.5) is 17.1 Å². The Bertz CT molecular complexity index is 2630. The Balaban J connectivity index is 1.24. The Hall–Kier alpha value is -6.44. The lowest BCUT2D eigenvalue weighted by atomic mass is 9.70. The van der Waals surface area contributed by atoms with Gasteiger partial charge in [-0.1, -0.05) is 178 Å². The van der Waals surface area contributed by atoms with Crippen LogP contribution >= 0.6 is 0 Å². The molecule has 1 spiro atoms. The molecule has 6 aromatic rings. The molecule has 0 fully saturated rings. The van der Waals surface area contributed by atoms with Gasteiger partial charge in [0.2, 0.25) is 0 Å². The summed E-state index contributed by atoms with van der Waals surface area (Å²) < 4.78 is 0. The Morgan fingerprint density at radius 3 is 1.83 bits per heavy atom. The summed E-state index contributed by atoms with van der Waals surface area (Å²) in [5, 5.41) is 0. The van der Waals surface area contributed by atoms with Crippen molar-refractivity contribution in [1.29, 1.82) is 0 Å². The molecule has 4 aliphatic carbocycles. The van der Waals surface area contributed by atoms with Crippen molar-refractivity contribution in [3.8, 4) is 22.3 Å². The Morgan fingerprint density at radius 1 is 0.593 bits per heavy atom. The zero-order chi connectivity index (χ0) is 36.4. The topological polar surface area (TPSA) is 3.24 Å². The second-order valence-electron chi connectivity index (χ2n) is 15.2. The van der Waals surface area contributed by atoms with Crippen LogP contribution in [0.3, 0.4) is 0 Å². The van der Waals surface area contributed by atoms with E-state index in [1.165, 1.54) is 72.3 Å². The number of para-hydroxylation sites is 1. The number of allylic oxidation sites excluding steroid dienone is 10. The molecule has 0 saturated heterocycles. The highest BCUT2D eigenvalue weighted by Crippen LogP contribution is 2.63. The summed E-state index contributed by atoms with van der Waals surface area (Å²) in [4.78, 5) is 2.50. The van der Waals surface area contributed by atoms with Gasteiger partial charge in [0.15, 0.2) is 0 Å². The van der Waals surface area contributed by atoms with Gasteiger partial charge in [0.1, 0.15) is 0 Å². The summed E-state index contributed by atoms with van der Waals surface area (Å²) in [6.07, 6.45) is 20.4. The van der Waals surface area contributed by atoms with Crippen LogP contribution in [0.2, 0.25) is 0 Å². The quantitative estimate of drug-likeness (QED) is 0.157. The van der Waals surface area contributed by atoms with E-state index < -0.39 is 5.41 Å². The van der Waals surface area contributed by atoms with Crippen LogP contribution in [0.25, 0.3) is 33.9 Å². The van der Waals surface area contributed by atoms with E-state index in [9.17, 15) is 0 Å². The molecule has 0 saturated carbocycles. The highest BCUT2D eigenvalue weighted by Gasteiger charge is 2.51. The number of fused-ring (bicyclic) bond motifs is 11. The lowest BCUT2D eigenvalue weighted by molar-refractivity contribution is 0.655. The van der Waals surface area contributed by atoms with Gasteiger partial charge in [-0.25, -0.2) is 0 Å². The summed E-state index contributed by atoms with van der Waals surface area (Å²) in [7, 11) is 0. The molecule has 0 bridgehead atoms. The second-order valence-corrected chi connectivity index (χ2v) is 15.2. The van der Waals surface area contributed by atoms with Gasteiger partial charge in [-0.05, 0) is 104 Å². The van der Waals surface area contributed by atoms with E-state index in [1.54, 1.807) is 0 Å². The van der Waals surface area contributed by atoms with Crippen LogP contribution in [0.15, 0.2) is 194 Å². The van der Waals surface area contributed by atoms with E-state index in [0.717, 1.165) is 23.5 Å². The van der Waals surface area contributed by atoms with E-state index in [4.69, 9.17) is 0 Å². The van der Waals surface area contributed by atoms with E-state index in [1.807, 2.05) is 12.2 Å². The average molecular weight is 692 g/mol. The summed E-state index contributed by atoms with van der Waals surface area (Å²) >= 11 is 0. The molecule has 1 nitrogen and oxygen atoms in total.